The van der Waals surface area contributed by atoms with Gasteiger partial charge in [-0.3, -0.25) is 4.79 Å². The average Bonchev–Trinajstić information content (AvgIpc) is 3.09. The fourth-order valence-corrected chi connectivity index (χ4v) is 3.52. The maximum Gasteiger partial charge on any atom is 0.344 e. The SMILES string of the molecule is COc1ccccc1C=CC=C1Oc2cc(OC(=O)c3ccccc3Br)ccc2C1=O. The second-order valence-corrected chi connectivity index (χ2v) is 7.44. The Labute approximate surface area is 187 Å². The predicted octanol–water partition coefficient (Wildman–Crippen LogP) is 5.85. The minimum Gasteiger partial charge on any atom is -0.496 e. The summed E-state index contributed by atoms with van der Waals surface area (Å²) in [5.41, 5.74) is 1.70. The van der Waals surface area contributed by atoms with Crippen LogP contribution < -0.4 is 14.2 Å². The molecule has 154 valence electrons. The number of para-hydroxylation sites is 1. The largest absolute Gasteiger partial charge is 0.496 e. The van der Waals surface area contributed by atoms with Gasteiger partial charge in [0.25, 0.3) is 0 Å². The summed E-state index contributed by atoms with van der Waals surface area (Å²) >= 11 is 3.33. The minimum atomic E-state index is -0.507. The zero-order valence-electron chi connectivity index (χ0n) is 16.5. The van der Waals surface area contributed by atoms with Crippen LogP contribution in [0.4, 0.5) is 0 Å². The van der Waals surface area contributed by atoms with Crippen LogP contribution in [0, 0.1) is 0 Å². The lowest BCUT2D eigenvalue weighted by Gasteiger charge is -2.06. The topological polar surface area (TPSA) is 61.8 Å². The number of rotatable bonds is 5. The molecule has 1 heterocycles. The van der Waals surface area contributed by atoms with Gasteiger partial charge in [-0.05, 0) is 52.3 Å². The number of benzene rings is 3. The van der Waals surface area contributed by atoms with Gasteiger partial charge in [-0.1, -0.05) is 42.5 Å². The molecule has 0 saturated heterocycles. The van der Waals surface area contributed by atoms with Crippen molar-refractivity contribution < 1.29 is 23.8 Å². The van der Waals surface area contributed by atoms with E-state index in [2.05, 4.69) is 15.9 Å². The fourth-order valence-electron chi connectivity index (χ4n) is 3.08. The molecule has 3 aromatic rings. The van der Waals surface area contributed by atoms with E-state index in [-0.39, 0.29) is 17.3 Å². The molecule has 0 atom stereocenters. The van der Waals surface area contributed by atoms with Crippen molar-refractivity contribution in [2.24, 2.45) is 0 Å². The molecule has 0 N–H and O–H groups in total. The Bertz CT molecular complexity index is 1230. The molecule has 0 amide bonds. The quantitative estimate of drug-likeness (QED) is 0.262. The van der Waals surface area contributed by atoms with Crippen LogP contribution in [-0.2, 0) is 0 Å². The Morgan fingerprint density at radius 3 is 2.61 bits per heavy atom. The van der Waals surface area contributed by atoms with Gasteiger partial charge >= 0.3 is 5.97 Å². The van der Waals surface area contributed by atoms with Crippen LogP contribution in [-0.4, -0.2) is 18.9 Å². The van der Waals surface area contributed by atoms with E-state index >= 15 is 0 Å². The first-order valence-electron chi connectivity index (χ1n) is 9.41. The number of fused-ring (bicyclic) bond motifs is 1. The number of allylic oxidation sites excluding steroid dienone is 3. The normalized spacial score (nSPS) is 13.9. The van der Waals surface area contributed by atoms with Crippen molar-refractivity contribution in [2.75, 3.05) is 7.11 Å². The Morgan fingerprint density at radius 2 is 1.81 bits per heavy atom. The van der Waals surface area contributed by atoms with Gasteiger partial charge in [0, 0.05) is 16.1 Å². The molecule has 0 fully saturated rings. The summed E-state index contributed by atoms with van der Waals surface area (Å²) in [4.78, 5) is 25.0. The van der Waals surface area contributed by atoms with E-state index in [1.807, 2.05) is 36.4 Å². The van der Waals surface area contributed by atoms with Crippen LogP contribution in [0.2, 0.25) is 0 Å². The number of halogens is 1. The lowest BCUT2D eigenvalue weighted by Crippen LogP contribution is -2.09. The van der Waals surface area contributed by atoms with Crippen LogP contribution in [0.1, 0.15) is 26.3 Å². The molecule has 0 aromatic heterocycles. The number of Topliss-reactive ketones (excluding diaryl/α,β-unsaturated/α-hetero) is 1. The van der Waals surface area contributed by atoms with E-state index in [1.165, 1.54) is 6.07 Å². The number of hydrogen-bond acceptors (Lipinski definition) is 5. The standard InChI is InChI=1S/C25H17BrO5/c1-29-21-11-5-2-7-16(21)8-6-12-22-24(27)19-14-13-17(15-23(19)31-22)30-25(28)18-9-3-4-10-20(18)26/h2-15H,1H3. The predicted molar refractivity (Wildman–Crippen MR) is 121 cm³/mol. The molecule has 0 spiro atoms. The lowest BCUT2D eigenvalue weighted by molar-refractivity contribution is 0.0733. The maximum absolute atomic E-state index is 12.6. The van der Waals surface area contributed by atoms with Gasteiger partial charge < -0.3 is 14.2 Å². The summed E-state index contributed by atoms with van der Waals surface area (Å²) in [6.07, 6.45) is 5.16. The van der Waals surface area contributed by atoms with Crippen LogP contribution >= 0.6 is 15.9 Å². The highest BCUT2D eigenvalue weighted by molar-refractivity contribution is 9.10. The highest BCUT2D eigenvalue weighted by Gasteiger charge is 2.27. The molecule has 1 aliphatic rings. The molecule has 3 aromatic carbocycles. The molecular weight excluding hydrogens is 460 g/mol. The van der Waals surface area contributed by atoms with Crippen LogP contribution in [0.3, 0.4) is 0 Å². The third-order valence-corrected chi connectivity index (χ3v) is 5.30. The fraction of sp³-hybridized carbons (Fsp3) is 0.0400. The molecule has 31 heavy (non-hydrogen) atoms. The highest BCUT2D eigenvalue weighted by atomic mass is 79.9. The Hall–Kier alpha value is -3.64. The summed E-state index contributed by atoms with van der Waals surface area (Å²) in [5, 5.41) is 0. The van der Waals surface area contributed by atoms with Crippen molar-refractivity contribution in [2.45, 2.75) is 0 Å². The minimum absolute atomic E-state index is 0.190. The number of hydrogen-bond donors (Lipinski definition) is 0. The van der Waals surface area contributed by atoms with Crippen LogP contribution in [0.15, 0.2) is 89.1 Å². The second-order valence-electron chi connectivity index (χ2n) is 6.59. The number of ether oxygens (including phenoxy) is 3. The molecular formula is C25H17BrO5. The zero-order valence-corrected chi connectivity index (χ0v) is 18.1. The third-order valence-electron chi connectivity index (χ3n) is 4.61. The van der Waals surface area contributed by atoms with Gasteiger partial charge in [0.05, 0.1) is 18.2 Å². The Balaban J connectivity index is 1.50. The average molecular weight is 477 g/mol. The molecule has 0 bridgehead atoms. The zero-order chi connectivity index (χ0) is 21.8. The van der Waals surface area contributed by atoms with Crippen LogP contribution in [0.25, 0.3) is 6.08 Å². The first-order valence-corrected chi connectivity index (χ1v) is 10.2. The molecule has 0 saturated carbocycles. The van der Waals surface area contributed by atoms with E-state index in [1.54, 1.807) is 49.6 Å². The van der Waals surface area contributed by atoms with E-state index < -0.39 is 5.97 Å². The molecule has 4 rings (SSSR count). The third kappa shape index (κ3) is 4.44. The van der Waals surface area contributed by atoms with E-state index in [9.17, 15) is 9.59 Å². The molecule has 1 aliphatic heterocycles. The van der Waals surface area contributed by atoms with Gasteiger partial charge in [0.2, 0.25) is 5.78 Å². The highest BCUT2D eigenvalue weighted by Crippen LogP contribution is 2.34. The summed E-state index contributed by atoms with van der Waals surface area (Å²) in [6, 6.07) is 19.2. The van der Waals surface area contributed by atoms with Crippen molar-refractivity contribution in [3.8, 4) is 17.2 Å². The lowest BCUT2D eigenvalue weighted by atomic mass is 10.1. The van der Waals surface area contributed by atoms with Gasteiger partial charge in [0.15, 0.2) is 5.76 Å². The van der Waals surface area contributed by atoms with Gasteiger partial charge in [0.1, 0.15) is 17.2 Å². The molecule has 0 aliphatic carbocycles. The van der Waals surface area contributed by atoms with Crippen molar-refractivity contribution in [1.82, 2.24) is 0 Å². The second kappa shape index (κ2) is 9.02. The summed E-state index contributed by atoms with van der Waals surface area (Å²) < 4.78 is 17.1. The van der Waals surface area contributed by atoms with Crippen LogP contribution in [0.5, 0.6) is 17.2 Å². The smallest absolute Gasteiger partial charge is 0.344 e. The van der Waals surface area contributed by atoms with Gasteiger partial charge in [-0.25, -0.2) is 4.79 Å². The van der Waals surface area contributed by atoms with E-state index in [4.69, 9.17) is 14.2 Å². The molecule has 5 nitrogen and oxygen atoms in total. The first kappa shape index (κ1) is 20.6. The van der Waals surface area contributed by atoms with Crippen molar-refractivity contribution in [3.05, 3.63) is 106 Å². The Kier molecular flexibility index (Phi) is 6.00. The van der Waals surface area contributed by atoms with E-state index in [0.717, 1.165) is 11.3 Å². The molecule has 0 radical (unpaired) electrons. The Morgan fingerprint density at radius 1 is 1.03 bits per heavy atom. The van der Waals surface area contributed by atoms with E-state index in [0.29, 0.717) is 21.3 Å². The molecule has 6 heteroatoms. The van der Waals surface area contributed by atoms with Crippen molar-refractivity contribution in [3.63, 3.8) is 0 Å². The number of carbonyl (C=O) groups excluding carboxylic acids is 2. The number of ketones is 1. The van der Waals surface area contributed by atoms with Gasteiger partial charge in [-0.2, -0.15) is 0 Å². The maximum atomic E-state index is 12.6. The first-order chi connectivity index (χ1) is 15.1. The number of carbonyl (C=O) groups is 2. The number of esters is 1. The number of methoxy groups -OCH3 is 1. The monoisotopic (exact) mass is 476 g/mol. The van der Waals surface area contributed by atoms with Gasteiger partial charge in [-0.15, -0.1) is 0 Å². The summed E-state index contributed by atoms with van der Waals surface area (Å²) in [5.74, 6) is 0.819. The summed E-state index contributed by atoms with van der Waals surface area (Å²) in [6.45, 7) is 0. The molecule has 0 unspecified atom stereocenters. The summed E-state index contributed by atoms with van der Waals surface area (Å²) in [7, 11) is 1.60. The van der Waals surface area contributed by atoms with Crippen molar-refractivity contribution in [1.29, 1.82) is 0 Å². The van der Waals surface area contributed by atoms with Crippen molar-refractivity contribution >= 4 is 33.8 Å².